The molecule has 8 atom stereocenters. The Balaban J connectivity index is 1.23. The average molecular weight is 483 g/mol. The summed E-state index contributed by atoms with van der Waals surface area (Å²) in [5.74, 6) is 4.29. The second-order valence-electron chi connectivity index (χ2n) is 10.1. The fraction of sp³-hybridized carbons (Fsp3) is 0.880. The van der Waals surface area contributed by atoms with E-state index in [0.29, 0.717) is 30.3 Å². The summed E-state index contributed by atoms with van der Waals surface area (Å²) in [5.41, 5.74) is -0.383. The molecule has 2 bridgehead atoms. The van der Waals surface area contributed by atoms with Crippen molar-refractivity contribution in [1.29, 1.82) is 0 Å². The van der Waals surface area contributed by atoms with Gasteiger partial charge >= 0.3 is 6.16 Å². The maximum Gasteiger partial charge on any atom is 0.509 e. The van der Waals surface area contributed by atoms with Crippen LogP contribution in [-0.4, -0.2) is 48.2 Å². The number of hydrogen-bond acceptors (Lipinski definition) is 8. The Morgan fingerprint density at radius 1 is 1.09 bits per heavy atom. The van der Waals surface area contributed by atoms with Crippen molar-refractivity contribution in [3.63, 3.8) is 0 Å². The molecule has 0 amide bonds. The number of thioether (sulfide) groups is 1. The number of fused-ring (bicyclic) bond motifs is 2. The Bertz CT molecular complexity index is 726. The van der Waals surface area contributed by atoms with Gasteiger partial charge in [-0.1, -0.05) is 32.6 Å². The Labute approximate surface area is 201 Å². The van der Waals surface area contributed by atoms with E-state index in [9.17, 15) is 4.79 Å². The van der Waals surface area contributed by atoms with Crippen LogP contribution < -0.4 is 0 Å². The number of terminal acetylenes is 1. The molecule has 0 aromatic heterocycles. The molecule has 4 saturated heterocycles. The molecule has 1 aliphatic carbocycles. The summed E-state index contributed by atoms with van der Waals surface area (Å²) in [6, 6.07) is 0. The lowest BCUT2D eigenvalue weighted by atomic mass is 9.58. The predicted octanol–water partition coefficient (Wildman–Crippen LogP) is 5.27. The van der Waals surface area contributed by atoms with Crippen LogP contribution in [0.25, 0.3) is 0 Å². The molecule has 1 saturated carbocycles. The van der Waals surface area contributed by atoms with Crippen molar-refractivity contribution in [2.75, 3.05) is 19.0 Å². The lowest BCUT2D eigenvalue weighted by Gasteiger charge is -2.60. The Hall–Kier alpha value is -0.980. The van der Waals surface area contributed by atoms with Gasteiger partial charge in [-0.05, 0) is 62.5 Å². The zero-order valence-corrected chi connectivity index (χ0v) is 20.9. The molecule has 0 aromatic carbocycles. The van der Waals surface area contributed by atoms with E-state index >= 15 is 0 Å². The first-order chi connectivity index (χ1) is 15.9. The predicted molar refractivity (Wildman–Crippen MR) is 124 cm³/mol. The van der Waals surface area contributed by atoms with Gasteiger partial charge in [0.25, 0.3) is 0 Å². The quantitative estimate of drug-likeness (QED) is 0.190. The lowest BCUT2D eigenvalue weighted by molar-refractivity contribution is -0.568. The summed E-state index contributed by atoms with van der Waals surface area (Å²) in [7, 11) is 0. The van der Waals surface area contributed by atoms with Gasteiger partial charge in [0.05, 0.1) is 6.61 Å². The highest BCUT2D eigenvalue weighted by atomic mass is 32.2. The third kappa shape index (κ3) is 5.18. The van der Waals surface area contributed by atoms with Gasteiger partial charge in [0.15, 0.2) is 18.5 Å². The lowest BCUT2D eigenvalue weighted by Crippen LogP contribution is -2.70. The molecular formula is C25H38O7S. The highest BCUT2D eigenvalue weighted by Gasteiger charge is 2.69. The molecule has 5 fully saturated rings. The van der Waals surface area contributed by atoms with Gasteiger partial charge in [-0.3, -0.25) is 0 Å². The van der Waals surface area contributed by atoms with Crippen LogP contribution in [0.15, 0.2) is 0 Å². The first kappa shape index (κ1) is 25.1. The number of unbranched alkanes of at least 4 members (excludes halogenated alkanes) is 3. The van der Waals surface area contributed by atoms with Crippen molar-refractivity contribution < 1.29 is 33.5 Å². The second kappa shape index (κ2) is 10.7. The van der Waals surface area contributed by atoms with E-state index in [1.807, 2.05) is 18.7 Å². The van der Waals surface area contributed by atoms with Gasteiger partial charge in [0.1, 0.15) is 5.44 Å². The number of rotatable bonds is 9. The van der Waals surface area contributed by atoms with Gasteiger partial charge in [0, 0.05) is 12.3 Å². The molecule has 0 aromatic rings. The SMILES string of the molecule is C#CCOC(=O)OCCCCCCS[C@@H]1O[C@@H]2O[C@@]3(C)CC[C@H]4[C@H](C)CC[C@@H]([C@H]1C)[C@@]24OO3. The average Bonchev–Trinajstić information content (AvgIpc) is 3.03. The van der Waals surface area contributed by atoms with Gasteiger partial charge in [0.2, 0.25) is 5.79 Å². The summed E-state index contributed by atoms with van der Waals surface area (Å²) in [6.07, 6.45) is 12.2. The number of carbonyl (C=O) groups excluding carboxylic acids is 1. The third-order valence-electron chi connectivity index (χ3n) is 7.91. The van der Waals surface area contributed by atoms with Gasteiger partial charge in [-0.25, -0.2) is 14.6 Å². The van der Waals surface area contributed by atoms with E-state index in [0.717, 1.165) is 50.7 Å². The molecule has 0 radical (unpaired) electrons. The fourth-order valence-electron chi connectivity index (χ4n) is 6.12. The van der Waals surface area contributed by atoms with Crippen LogP contribution in [0.3, 0.4) is 0 Å². The zero-order chi connectivity index (χ0) is 23.5. The largest absolute Gasteiger partial charge is 0.509 e. The summed E-state index contributed by atoms with van der Waals surface area (Å²) in [4.78, 5) is 23.3. The molecular weight excluding hydrogens is 444 g/mol. The molecule has 5 aliphatic rings. The Morgan fingerprint density at radius 3 is 2.73 bits per heavy atom. The molecule has 7 nitrogen and oxygen atoms in total. The minimum Gasteiger partial charge on any atom is -0.434 e. The minimum absolute atomic E-state index is 0.0519. The second-order valence-corrected chi connectivity index (χ2v) is 11.4. The van der Waals surface area contributed by atoms with Gasteiger partial charge < -0.3 is 18.9 Å². The van der Waals surface area contributed by atoms with Crippen LogP contribution in [0.4, 0.5) is 4.79 Å². The Morgan fingerprint density at radius 2 is 1.91 bits per heavy atom. The van der Waals surface area contributed by atoms with E-state index in [4.69, 9.17) is 30.4 Å². The van der Waals surface area contributed by atoms with Crippen molar-refractivity contribution in [1.82, 2.24) is 0 Å². The molecule has 0 N–H and O–H groups in total. The smallest absolute Gasteiger partial charge is 0.434 e. The normalized spacial score (nSPS) is 41.5. The van der Waals surface area contributed by atoms with Gasteiger partial charge in [-0.2, -0.15) is 0 Å². The summed E-state index contributed by atoms with van der Waals surface area (Å²) in [5, 5.41) is 0. The molecule has 1 spiro atoms. The highest BCUT2D eigenvalue weighted by Crippen LogP contribution is 2.61. The number of carbonyl (C=O) groups is 1. The van der Waals surface area contributed by atoms with Crippen molar-refractivity contribution in [2.24, 2.45) is 23.7 Å². The van der Waals surface area contributed by atoms with Crippen LogP contribution in [0.1, 0.15) is 72.1 Å². The van der Waals surface area contributed by atoms with Crippen molar-refractivity contribution in [3.8, 4) is 12.3 Å². The van der Waals surface area contributed by atoms with Crippen molar-refractivity contribution in [3.05, 3.63) is 0 Å². The first-order valence-corrected chi connectivity index (χ1v) is 13.5. The number of ether oxygens (including phenoxy) is 4. The van der Waals surface area contributed by atoms with E-state index in [-0.39, 0.29) is 18.3 Å². The minimum atomic E-state index is -0.720. The summed E-state index contributed by atoms with van der Waals surface area (Å²) >= 11 is 1.89. The van der Waals surface area contributed by atoms with Crippen molar-refractivity contribution >= 4 is 17.9 Å². The van der Waals surface area contributed by atoms with Crippen LogP contribution in [0.5, 0.6) is 0 Å². The zero-order valence-electron chi connectivity index (χ0n) is 20.1. The highest BCUT2D eigenvalue weighted by molar-refractivity contribution is 7.99. The maximum absolute atomic E-state index is 11.2. The molecule has 4 heterocycles. The monoisotopic (exact) mass is 482 g/mol. The standard InChI is InChI=1S/C25H38O7S/c1-5-14-27-23(26)28-15-8-6-7-9-16-33-21-18(3)20-11-10-17(2)19-12-13-24(4)30-22(29-21)25(19,20)32-31-24/h1,17-22H,6-16H2,2-4H3/t17-,18-,19+,20+,21+,22-,24-,25-/m1/s1. The molecule has 186 valence electrons. The van der Waals surface area contributed by atoms with E-state index in [1.165, 1.54) is 6.42 Å². The summed E-state index contributed by atoms with van der Waals surface area (Å²) in [6.45, 7) is 6.93. The van der Waals surface area contributed by atoms with E-state index < -0.39 is 17.5 Å². The molecule has 5 rings (SSSR count). The molecule has 0 unspecified atom stereocenters. The molecule has 4 aliphatic heterocycles. The first-order valence-electron chi connectivity index (χ1n) is 12.4. The third-order valence-corrected chi connectivity index (χ3v) is 9.30. The van der Waals surface area contributed by atoms with Gasteiger partial charge in [-0.15, -0.1) is 18.2 Å². The summed E-state index contributed by atoms with van der Waals surface area (Å²) < 4.78 is 22.7. The molecule has 33 heavy (non-hydrogen) atoms. The van der Waals surface area contributed by atoms with E-state index in [1.54, 1.807) is 0 Å². The fourth-order valence-corrected chi connectivity index (χ4v) is 7.39. The van der Waals surface area contributed by atoms with Crippen LogP contribution in [0.2, 0.25) is 0 Å². The molecule has 8 heteroatoms. The topological polar surface area (TPSA) is 72.5 Å². The van der Waals surface area contributed by atoms with Crippen molar-refractivity contribution in [2.45, 2.75) is 95.3 Å². The van der Waals surface area contributed by atoms with E-state index in [2.05, 4.69) is 24.5 Å². The number of hydrogen-bond donors (Lipinski definition) is 0. The van der Waals surface area contributed by atoms with Crippen LogP contribution in [-0.2, 0) is 28.7 Å². The van der Waals surface area contributed by atoms with Crippen LogP contribution in [0, 0.1) is 36.0 Å². The Kier molecular flexibility index (Phi) is 8.18. The van der Waals surface area contributed by atoms with Crippen LogP contribution >= 0.6 is 11.8 Å². The maximum atomic E-state index is 11.2.